The first-order valence-electron chi connectivity index (χ1n) is 8.04. The first-order chi connectivity index (χ1) is 11.6. The molecule has 0 saturated carbocycles. The van der Waals surface area contributed by atoms with Gasteiger partial charge >= 0.3 is 0 Å². The number of carbonyl (C=O) groups excluding carboxylic acids is 1. The molecule has 0 aliphatic heterocycles. The topological polar surface area (TPSA) is 76.1 Å². The number of amides is 1. The molecule has 1 atom stereocenters. The minimum absolute atomic E-state index is 0.0907. The van der Waals surface area contributed by atoms with E-state index in [1.165, 1.54) is 0 Å². The van der Waals surface area contributed by atoms with Crippen LogP contribution in [0.1, 0.15) is 41.1 Å². The number of methoxy groups -OCH3 is 1. The zero-order valence-corrected chi connectivity index (χ0v) is 14.4. The van der Waals surface area contributed by atoms with Crippen LogP contribution in [0.3, 0.4) is 0 Å². The highest BCUT2D eigenvalue weighted by Crippen LogP contribution is 2.13. The molecule has 0 aliphatic rings. The molecule has 0 radical (unpaired) electrons. The van der Waals surface area contributed by atoms with Crippen LogP contribution < -0.4 is 10.6 Å². The normalized spacial score (nSPS) is 11.8. The molecule has 2 aromatic rings. The molecule has 1 aromatic carbocycles. The third kappa shape index (κ3) is 5.31. The number of rotatable bonds is 8. The van der Waals surface area contributed by atoms with E-state index in [0.29, 0.717) is 24.8 Å². The van der Waals surface area contributed by atoms with Crippen LogP contribution in [0.4, 0.5) is 5.95 Å². The van der Waals surface area contributed by atoms with E-state index in [1.54, 1.807) is 13.2 Å². The Kier molecular flexibility index (Phi) is 6.69. The van der Waals surface area contributed by atoms with E-state index >= 15 is 0 Å². The van der Waals surface area contributed by atoms with E-state index in [-0.39, 0.29) is 11.9 Å². The van der Waals surface area contributed by atoms with Crippen LogP contribution in [0, 0.1) is 6.92 Å². The minimum Gasteiger partial charge on any atom is -0.385 e. The molecule has 0 aliphatic carbocycles. The number of nitrogens with zero attached hydrogens (tertiary/aromatic N) is 2. The van der Waals surface area contributed by atoms with Crippen molar-refractivity contribution in [1.82, 2.24) is 15.3 Å². The molecule has 6 heteroatoms. The van der Waals surface area contributed by atoms with Gasteiger partial charge < -0.3 is 15.4 Å². The molecular weight excluding hydrogens is 304 g/mol. The first kappa shape index (κ1) is 17.9. The van der Waals surface area contributed by atoms with Gasteiger partial charge in [-0.2, -0.15) is 0 Å². The van der Waals surface area contributed by atoms with E-state index < -0.39 is 0 Å². The smallest absolute Gasteiger partial charge is 0.270 e. The maximum Gasteiger partial charge on any atom is 0.270 e. The largest absolute Gasteiger partial charge is 0.385 e. The molecule has 0 fully saturated rings. The third-order valence-electron chi connectivity index (χ3n) is 3.54. The summed E-state index contributed by atoms with van der Waals surface area (Å²) in [6.45, 7) is 5.16. The lowest BCUT2D eigenvalue weighted by molar-refractivity contribution is 0.0934. The summed E-state index contributed by atoms with van der Waals surface area (Å²) in [5.74, 6) is 0.250. The molecule has 1 aromatic heterocycles. The van der Waals surface area contributed by atoms with Gasteiger partial charge in [-0.15, -0.1) is 0 Å². The summed E-state index contributed by atoms with van der Waals surface area (Å²) in [7, 11) is 1.67. The highest BCUT2D eigenvalue weighted by atomic mass is 16.5. The maximum atomic E-state index is 12.5. The summed E-state index contributed by atoms with van der Waals surface area (Å²) in [4.78, 5) is 21.1. The summed E-state index contributed by atoms with van der Waals surface area (Å²) in [6, 6.07) is 11.4. The number of anilines is 1. The van der Waals surface area contributed by atoms with Crippen molar-refractivity contribution in [3.05, 3.63) is 53.3 Å². The second-order valence-electron chi connectivity index (χ2n) is 5.60. The average molecular weight is 328 g/mol. The Morgan fingerprint density at radius 3 is 2.71 bits per heavy atom. The quantitative estimate of drug-likeness (QED) is 0.729. The fourth-order valence-corrected chi connectivity index (χ4v) is 2.28. The lowest BCUT2D eigenvalue weighted by atomic mass is 10.1. The molecule has 0 bridgehead atoms. The predicted molar refractivity (Wildman–Crippen MR) is 94.1 cm³/mol. The number of nitrogens with one attached hydrogen (secondary N) is 2. The molecular formula is C18H24N4O2. The molecule has 128 valence electrons. The summed E-state index contributed by atoms with van der Waals surface area (Å²) in [5.41, 5.74) is 2.16. The van der Waals surface area contributed by atoms with Crippen LogP contribution in [0.5, 0.6) is 0 Å². The summed E-state index contributed by atoms with van der Waals surface area (Å²) < 4.78 is 5.01. The molecule has 0 spiro atoms. The summed E-state index contributed by atoms with van der Waals surface area (Å²) in [6.07, 6.45) is 0.848. The average Bonchev–Trinajstić information content (AvgIpc) is 2.59. The Morgan fingerprint density at radius 1 is 1.25 bits per heavy atom. The maximum absolute atomic E-state index is 12.5. The van der Waals surface area contributed by atoms with Crippen LogP contribution >= 0.6 is 0 Å². The summed E-state index contributed by atoms with van der Waals surface area (Å²) >= 11 is 0. The number of benzene rings is 1. The Hall–Kier alpha value is -2.47. The van der Waals surface area contributed by atoms with Gasteiger partial charge in [0.25, 0.3) is 5.91 Å². The second-order valence-corrected chi connectivity index (χ2v) is 5.60. The number of hydrogen-bond acceptors (Lipinski definition) is 5. The number of carbonyl (C=O) groups is 1. The Balaban J connectivity index is 2.02. The molecule has 2 N–H and O–H groups in total. The zero-order chi connectivity index (χ0) is 17.4. The van der Waals surface area contributed by atoms with Gasteiger partial charge in [0.1, 0.15) is 5.69 Å². The first-order valence-corrected chi connectivity index (χ1v) is 8.04. The van der Waals surface area contributed by atoms with Crippen molar-refractivity contribution in [1.29, 1.82) is 0 Å². The lowest BCUT2D eigenvalue weighted by Gasteiger charge is -2.14. The van der Waals surface area contributed by atoms with Crippen molar-refractivity contribution in [2.45, 2.75) is 26.3 Å². The summed E-state index contributed by atoms with van der Waals surface area (Å²) in [5, 5.41) is 6.08. The van der Waals surface area contributed by atoms with E-state index in [1.807, 2.05) is 44.2 Å². The highest BCUT2D eigenvalue weighted by Gasteiger charge is 2.14. The van der Waals surface area contributed by atoms with Crippen molar-refractivity contribution in [3.63, 3.8) is 0 Å². The van der Waals surface area contributed by atoms with E-state index in [4.69, 9.17) is 4.74 Å². The van der Waals surface area contributed by atoms with Gasteiger partial charge in [0.05, 0.1) is 6.04 Å². The van der Waals surface area contributed by atoms with Crippen molar-refractivity contribution in [2.75, 3.05) is 25.6 Å². The molecule has 2 rings (SSSR count). The van der Waals surface area contributed by atoms with Crippen molar-refractivity contribution in [3.8, 4) is 0 Å². The fraction of sp³-hybridized carbons (Fsp3) is 0.389. The van der Waals surface area contributed by atoms with Gasteiger partial charge in [-0.3, -0.25) is 4.79 Å². The minimum atomic E-state index is -0.211. The van der Waals surface area contributed by atoms with Crippen LogP contribution in [0.15, 0.2) is 36.4 Å². The van der Waals surface area contributed by atoms with Gasteiger partial charge in [-0.05, 0) is 31.9 Å². The third-order valence-corrected chi connectivity index (χ3v) is 3.54. The van der Waals surface area contributed by atoms with Crippen LogP contribution in [-0.4, -0.2) is 36.1 Å². The molecule has 1 unspecified atom stereocenters. The van der Waals surface area contributed by atoms with Crippen LogP contribution in [0.2, 0.25) is 0 Å². The van der Waals surface area contributed by atoms with E-state index in [9.17, 15) is 4.79 Å². The SMILES string of the molecule is COCCCNc1nc(C)cc(C(=O)NC(C)c2ccccc2)n1. The van der Waals surface area contributed by atoms with Crippen LogP contribution in [-0.2, 0) is 4.74 Å². The van der Waals surface area contributed by atoms with Gasteiger partial charge in [0.2, 0.25) is 5.95 Å². The molecule has 1 heterocycles. The number of aromatic nitrogens is 2. The zero-order valence-electron chi connectivity index (χ0n) is 14.4. The van der Waals surface area contributed by atoms with Crippen LogP contribution in [0.25, 0.3) is 0 Å². The van der Waals surface area contributed by atoms with Gasteiger partial charge in [-0.25, -0.2) is 9.97 Å². The standard InChI is InChI=1S/C18H24N4O2/c1-13-12-16(22-18(20-13)19-10-7-11-24-3)17(23)21-14(2)15-8-5-4-6-9-15/h4-6,8-9,12,14H,7,10-11H2,1-3H3,(H,21,23)(H,19,20,22). The number of aryl methyl sites for hydroxylation is 1. The van der Waals surface area contributed by atoms with Gasteiger partial charge in [0, 0.05) is 26.0 Å². The van der Waals surface area contributed by atoms with Crippen molar-refractivity contribution >= 4 is 11.9 Å². The molecule has 1 amide bonds. The Bertz CT molecular complexity index is 661. The van der Waals surface area contributed by atoms with Gasteiger partial charge in [0.15, 0.2) is 0 Å². The Labute approximate surface area is 142 Å². The van der Waals surface area contributed by atoms with Crippen molar-refractivity contribution in [2.24, 2.45) is 0 Å². The number of ether oxygens (including phenoxy) is 1. The lowest BCUT2D eigenvalue weighted by Crippen LogP contribution is -2.28. The Morgan fingerprint density at radius 2 is 2.00 bits per heavy atom. The van der Waals surface area contributed by atoms with E-state index in [2.05, 4.69) is 20.6 Å². The molecule has 6 nitrogen and oxygen atoms in total. The van der Waals surface area contributed by atoms with E-state index in [0.717, 1.165) is 17.7 Å². The predicted octanol–water partition coefficient (Wildman–Crippen LogP) is 2.72. The highest BCUT2D eigenvalue weighted by molar-refractivity contribution is 5.92. The van der Waals surface area contributed by atoms with Crippen molar-refractivity contribution < 1.29 is 9.53 Å². The molecule has 24 heavy (non-hydrogen) atoms. The monoisotopic (exact) mass is 328 g/mol. The molecule has 0 saturated heterocycles. The number of hydrogen-bond donors (Lipinski definition) is 2. The second kappa shape index (κ2) is 8.98. The fourth-order valence-electron chi connectivity index (χ4n) is 2.28. The van der Waals surface area contributed by atoms with Gasteiger partial charge in [-0.1, -0.05) is 30.3 Å².